The molecule has 1 saturated heterocycles. The van der Waals surface area contributed by atoms with Crippen LogP contribution in [0.2, 0.25) is 0 Å². The molecule has 3 unspecified atom stereocenters. The highest BCUT2D eigenvalue weighted by atomic mass is 14.9. The van der Waals surface area contributed by atoms with E-state index in [1.807, 2.05) is 0 Å². The van der Waals surface area contributed by atoms with Gasteiger partial charge in [0.25, 0.3) is 0 Å². The zero-order chi connectivity index (χ0) is 7.68. The van der Waals surface area contributed by atoms with Gasteiger partial charge in [-0.2, -0.15) is 0 Å². The Morgan fingerprint density at radius 3 is 2.82 bits per heavy atom. The van der Waals surface area contributed by atoms with Crippen LogP contribution in [-0.4, -0.2) is 19.6 Å². The number of fused-ring (bicyclic) bond motifs is 2. The predicted molar refractivity (Wildman–Crippen MR) is 46.2 cm³/mol. The van der Waals surface area contributed by atoms with E-state index in [1.165, 1.54) is 32.4 Å². The van der Waals surface area contributed by atoms with Gasteiger partial charge in [0.05, 0.1) is 0 Å². The lowest BCUT2D eigenvalue weighted by molar-refractivity contribution is 0.336. The summed E-state index contributed by atoms with van der Waals surface area (Å²) in [7, 11) is 0. The Morgan fingerprint density at radius 2 is 2.00 bits per heavy atom. The molecule has 2 aliphatic rings. The van der Waals surface area contributed by atoms with Crippen LogP contribution >= 0.6 is 0 Å². The van der Waals surface area contributed by atoms with Crippen LogP contribution in [0.1, 0.15) is 19.3 Å². The third-order valence-corrected chi connectivity index (χ3v) is 3.49. The topological polar surface area (TPSA) is 38.0 Å². The molecule has 1 aliphatic heterocycles. The van der Waals surface area contributed by atoms with Crippen LogP contribution in [0, 0.1) is 17.8 Å². The number of nitrogens with two attached hydrogens (primary N) is 1. The minimum absolute atomic E-state index is 0.838. The van der Waals surface area contributed by atoms with Gasteiger partial charge in [0, 0.05) is 0 Å². The van der Waals surface area contributed by atoms with Crippen molar-refractivity contribution in [1.82, 2.24) is 5.32 Å². The third-order valence-electron chi connectivity index (χ3n) is 3.49. The Kier molecular flexibility index (Phi) is 2.14. The maximum absolute atomic E-state index is 5.77. The van der Waals surface area contributed by atoms with Gasteiger partial charge in [0.1, 0.15) is 0 Å². The minimum Gasteiger partial charge on any atom is -0.330 e. The van der Waals surface area contributed by atoms with Crippen molar-refractivity contribution >= 4 is 0 Å². The average Bonchev–Trinajstić information content (AvgIpc) is 2.23. The summed E-state index contributed by atoms with van der Waals surface area (Å²) < 4.78 is 0. The van der Waals surface area contributed by atoms with Gasteiger partial charge in [-0.15, -0.1) is 0 Å². The molecule has 2 nitrogen and oxygen atoms in total. The fraction of sp³-hybridized carbons (Fsp3) is 1.00. The molecule has 0 spiro atoms. The molecule has 1 heterocycles. The molecule has 0 aromatic rings. The molecule has 1 aliphatic carbocycles. The Labute approximate surface area is 68.5 Å². The van der Waals surface area contributed by atoms with Crippen molar-refractivity contribution in [3.05, 3.63) is 0 Å². The second kappa shape index (κ2) is 3.11. The van der Waals surface area contributed by atoms with Gasteiger partial charge in [-0.05, 0) is 56.7 Å². The van der Waals surface area contributed by atoms with Crippen molar-refractivity contribution in [2.75, 3.05) is 19.6 Å². The van der Waals surface area contributed by atoms with Crippen molar-refractivity contribution in [1.29, 1.82) is 0 Å². The lowest BCUT2D eigenvalue weighted by atomic mass is 9.89. The molecule has 2 fully saturated rings. The van der Waals surface area contributed by atoms with Gasteiger partial charge >= 0.3 is 0 Å². The van der Waals surface area contributed by atoms with Gasteiger partial charge in [-0.25, -0.2) is 0 Å². The van der Waals surface area contributed by atoms with E-state index in [9.17, 15) is 0 Å². The molecule has 0 aromatic heterocycles. The van der Waals surface area contributed by atoms with Crippen LogP contribution in [0.5, 0.6) is 0 Å². The van der Waals surface area contributed by atoms with Gasteiger partial charge in [-0.1, -0.05) is 0 Å². The van der Waals surface area contributed by atoms with E-state index >= 15 is 0 Å². The van der Waals surface area contributed by atoms with Crippen molar-refractivity contribution in [2.24, 2.45) is 23.5 Å². The summed E-state index contributed by atoms with van der Waals surface area (Å²) in [5.41, 5.74) is 5.77. The summed E-state index contributed by atoms with van der Waals surface area (Å²) in [6, 6.07) is 0. The molecular weight excluding hydrogens is 136 g/mol. The molecule has 3 N–H and O–H groups in total. The fourth-order valence-corrected chi connectivity index (χ4v) is 2.81. The van der Waals surface area contributed by atoms with Crippen molar-refractivity contribution in [2.45, 2.75) is 19.3 Å². The Morgan fingerprint density at radius 1 is 1.18 bits per heavy atom. The molecule has 2 rings (SSSR count). The van der Waals surface area contributed by atoms with Gasteiger partial charge in [0.15, 0.2) is 0 Å². The number of rotatable bonds is 1. The van der Waals surface area contributed by atoms with E-state index in [2.05, 4.69) is 5.32 Å². The summed E-state index contributed by atoms with van der Waals surface area (Å²) in [6.07, 6.45) is 4.21. The summed E-state index contributed by atoms with van der Waals surface area (Å²) in [4.78, 5) is 0. The van der Waals surface area contributed by atoms with Crippen LogP contribution < -0.4 is 11.1 Å². The highest BCUT2D eigenvalue weighted by molar-refractivity contribution is 4.89. The summed E-state index contributed by atoms with van der Waals surface area (Å²) in [5.74, 6) is 2.68. The second-order valence-electron chi connectivity index (χ2n) is 3.99. The standard InChI is InChI=1S/C9H18N2/c10-5-9-7-1-2-8(9)6-11-4-3-7/h7-9,11H,1-6,10H2. The zero-order valence-electron chi connectivity index (χ0n) is 7.05. The molecule has 64 valence electrons. The predicted octanol–water partition coefficient (Wildman–Crippen LogP) is 0.581. The molecule has 3 atom stereocenters. The molecule has 2 bridgehead atoms. The fourth-order valence-electron chi connectivity index (χ4n) is 2.81. The maximum Gasteiger partial charge on any atom is -0.00173 e. The molecule has 0 aromatic carbocycles. The van der Waals surface area contributed by atoms with Crippen LogP contribution in [-0.2, 0) is 0 Å². The van der Waals surface area contributed by atoms with Crippen molar-refractivity contribution in [3.63, 3.8) is 0 Å². The minimum atomic E-state index is 0.838. The van der Waals surface area contributed by atoms with E-state index in [0.29, 0.717) is 0 Å². The molecule has 1 saturated carbocycles. The van der Waals surface area contributed by atoms with E-state index in [-0.39, 0.29) is 0 Å². The number of hydrogen-bond donors (Lipinski definition) is 2. The third kappa shape index (κ3) is 1.30. The molecule has 0 amide bonds. The lowest BCUT2D eigenvalue weighted by Crippen LogP contribution is -2.27. The first-order valence-corrected chi connectivity index (χ1v) is 4.82. The summed E-state index contributed by atoms with van der Waals surface area (Å²) >= 11 is 0. The Hall–Kier alpha value is -0.0800. The van der Waals surface area contributed by atoms with Crippen LogP contribution in [0.3, 0.4) is 0 Å². The van der Waals surface area contributed by atoms with Crippen LogP contribution in [0.25, 0.3) is 0 Å². The van der Waals surface area contributed by atoms with E-state index < -0.39 is 0 Å². The smallest absolute Gasteiger partial charge is 0.00173 e. The van der Waals surface area contributed by atoms with Crippen LogP contribution in [0.15, 0.2) is 0 Å². The lowest BCUT2D eigenvalue weighted by Gasteiger charge is -2.18. The monoisotopic (exact) mass is 154 g/mol. The van der Waals surface area contributed by atoms with Gasteiger partial charge in [-0.3, -0.25) is 0 Å². The number of nitrogens with one attached hydrogen (secondary N) is 1. The second-order valence-corrected chi connectivity index (χ2v) is 3.99. The SMILES string of the molecule is NCC1C2CCNCC1CC2. The quantitative estimate of drug-likeness (QED) is 0.580. The summed E-state index contributed by atoms with van der Waals surface area (Å²) in [6.45, 7) is 3.35. The first kappa shape index (κ1) is 7.56. The highest BCUT2D eigenvalue weighted by Gasteiger charge is 2.35. The van der Waals surface area contributed by atoms with Crippen LogP contribution in [0.4, 0.5) is 0 Å². The van der Waals surface area contributed by atoms with E-state index in [4.69, 9.17) is 5.73 Å². The first-order chi connectivity index (χ1) is 5.42. The average molecular weight is 154 g/mol. The largest absolute Gasteiger partial charge is 0.330 e. The summed E-state index contributed by atoms with van der Waals surface area (Å²) in [5, 5.41) is 3.49. The number of hydrogen-bond acceptors (Lipinski definition) is 2. The van der Waals surface area contributed by atoms with E-state index in [0.717, 1.165) is 24.3 Å². The van der Waals surface area contributed by atoms with Gasteiger partial charge in [0.2, 0.25) is 0 Å². The molecular formula is C9H18N2. The molecule has 0 radical (unpaired) electrons. The Balaban J connectivity index is 2.06. The molecule has 2 heteroatoms. The van der Waals surface area contributed by atoms with E-state index in [1.54, 1.807) is 0 Å². The normalized spacial score (nSPS) is 43.9. The zero-order valence-corrected chi connectivity index (χ0v) is 7.05. The van der Waals surface area contributed by atoms with Crippen molar-refractivity contribution in [3.8, 4) is 0 Å². The van der Waals surface area contributed by atoms with Gasteiger partial charge < -0.3 is 11.1 Å². The highest BCUT2D eigenvalue weighted by Crippen LogP contribution is 2.39. The first-order valence-electron chi connectivity index (χ1n) is 4.82. The Bertz CT molecular complexity index is 122. The van der Waals surface area contributed by atoms with Crippen molar-refractivity contribution < 1.29 is 0 Å². The maximum atomic E-state index is 5.77. The molecule has 11 heavy (non-hydrogen) atoms.